The van der Waals surface area contributed by atoms with Crippen molar-refractivity contribution in [2.24, 2.45) is 4.99 Å². The summed E-state index contributed by atoms with van der Waals surface area (Å²) in [6.45, 7) is 8.28. The second-order valence-electron chi connectivity index (χ2n) is 7.39. The Hall–Kier alpha value is -1.61. The number of hydrogen-bond donors (Lipinski definition) is 2. The number of nitrogens with zero attached hydrogens (tertiary/aromatic N) is 1. The van der Waals surface area contributed by atoms with E-state index in [1.165, 1.54) is 11.1 Å². The highest BCUT2D eigenvalue weighted by Gasteiger charge is 2.12. The van der Waals surface area contributed by atoms with Crippen LogP contribution in [-0.4, -0.2) is 39.8 Å². The molecule has 0 fully saturated rings. The minimum Gasteiger partial charge on any atom is -0.357 e. The summed E-state index contributed by atoms with van der Waals surface area (Å²) >= 11 is 0. The first kappa shape index (κ1) is 26.4. The Morgan fingerprint density at radius 2 is 1.80 bits per heavy atom. The molecule has 2 aromatic rings. The molecule has 166 valence electrons. The summed E-state index contributed by atoms with van der Waals surface area (Å²) in [6.07, 6.45) is 0.549. The van der Waals surface area contributed by atoms with Crippen molar-refractivity contribution < 1.29 is 8.42 Å². The molecule has 0 amide bonds. The van der Waals surface area contributed by atoms with E-state index in [0.717, 1.165) is 18.1 Å². The smallest absolute Gasteiger partial charge is 0.191 e. The number of aliphatic imine (C=N–C) groups is 1. The van der Waals surface area contributed by atoms with Crippen LogP contribution >= 0.6 is 24.0 Å². The Morgan fingerprint density at radius 1 is 1.07 bits per heavy atom. The van der Waals surface area contributed by atoms with Crippen molar-refractivity contribution in [3.63, 3.8) is 0 Å². The van der Waals surface area contributed by atoms with Crippen LogP contribution in [0.3, 0.4) is 0 Å². The standard InChI is InChI=1S/C23H33N3O2S.HI/c1-4-24-23(26-17-20(3)22-13-8-10-19(2)16-22)25-14-9-15-29(27,28)18-21-11-6-5-7-12-21;/h5-8,10-13,16,20H,4,9,14-15,17-18H2,1-3H3,(H2,24,25,26);1H. The largest absolute Gasteiger partial charge is 0.357 e. The van der Waals surface area contributed by atoms with Crippen LogP contribution in [0.4, 0.5) is 0 Å². The molecule has 0 aliphatic heterocycles. The lowest BCUT2D eigenvalue weighted by atomic mass is 10.00. The molecule has 0 bridgehead atoms. The number of halogens is 1. The average molecular weight is 544 g/mol. The van der Waals surface area contributed by atoms with E-state index >= 15 is 0 Å². The van der Waals surface area contributed by atoms with E-state index in [2.05, 4.69) is 53.7 Å². The summed E-state index contributed by atoms with van der Waals surface area (Å²) < 4.78 is 24.6. The van der Waals surface area contributed by atoms with Gasteiger partial charge in [-0.25, -0.2) is 8.42 Å². The second-order valence-corrected chi connectivity index (χ2v) is 9.58. The SMILES string of the molecule is CCNC(=NCC(C)c1cccc(C)c1)NCCCS(=O)(=O)Cc1ccccc1.I. The first-order valence-corrected chi connectivity index (χ1v) is 12.0. The maximum atomic E-state index is 12.3. The fraction of sp³-hybridized carbons (Fsp3) is 0.435. The summed E-state index contributed by atoms with van der Waals surface area (Å²) in [6, 6.07) is 17.8. The van der Waals surface area contributed by atoms with E-state index in [4.69, 9.17) is 0 Å². The molecular formula is C23H34IN3O2S. The van der Waals surface area contributed by atoms with Crippen LogP contribution in [0.2, 0.25) is 0 Å². The van der Waals surface area contributed by atoms with E-state index in [1.54, 1.807) is 0 Å². The molecule has 1 unspecified atom stereocenters. The van der Waals surface area contributed by atoms with Crippen molar-refractivity contribution in [1.82, 2.24) is 10.6 Å². The molecule has 0 radical (unpaired) electrons. The number of benzene rings is 2. The third-order valence-electron chi connectivity index (χ3n) is 4.63. The molecule has 0 spiro atoms. The van der Waals surface area contributed by atoms with Gasteiger partial charge in [-0.05, 0) is 31.4 Å². The number of sulfone groups is 1. The molecule has 2 N–H and O–H groups in total. The van der Waals surface area contributed by atoms with Gasteiger partial charge < -0.3 is 10.6 Å². The molecule has 30 heavy (non-hydrogen) atoms. The van der Waals surface area contributed by atoms with E-state index < -0.39 is 9.84 Å². The highest BCUT2D eigenvalue weighted by Crippen LogP contribution is 2.16. The van der Waals surface area contributed by atoms with Crippen LogP contribution in [-0.2, 0) is 15.6 Å². The lowest BCUT2D eigenvalue weighted by Crippen LogP contribution is -2.38. The van der Waals surface area contributed by atoms with Gasteiger partial charge in [-0.3, -0.25) is 4.99 Å². The Kier molecular flexibility index (Phi) is 12.0. The molecule has 0 aliphatic carbocycles. The van der Waals surface area contributed by atoms with Crippen molar-refractivity contribution in [1.29, 1.82) is 0 Å². The number of guanidine groups is 1. The highest BCUT2D eigenvalue weighted by atomic mass is 127. The fourth-order valence-corrected chi connectivity index (χ4v) is 4.48. The zero-order valence-electron chi connectivity index (χ0n) is 18.1. The predicted molar refractivity (Wildman–Crippen MR) is 138 cm³/mol. The van der Waals surface area contributed by atoms with Crippen molar-refractivity contribution in [2.45, 2.75) is 38.9 Å². The maximum absolute atomic E-state index is 12.3. The Balaban J connectivity index is 0.00000450. The van der Waals surface area contributed by atoms with Gasteiger partial charge in [0.25, 0.3) is 0 Å². The molecule has 5 nitrogen and oxygen atoms in total. The van der Waals surface area contributed by atoms with Gasteiger partial charge in [0, 0.05) is 25.6 Å². The summed E-state index contributed by atoms with van der Waals surface area (Å²) in [4.78, 5) is 4.67. The minimum absolute atomic E-state index is 0. The lowest BCUT2D eigenvalue weighted by Gasteiger charge is -2.14. The van der Waals surface area contributed by atoms with Gasteiger partial charge in [0.15, 0.2) is 15.8 Å². The number of aryl methyl sites for hydroxylation is 1. The molecule has 0 saturated heterocycles. The van der Waals surface area contributed by atoms with E-state index in [-0.39, 0.29) is 35.5 Å². The van der Waals surface area contributed by atoms with Crippen LogP contribution in [0.15, 0.2) is 59.6 Å². The molecule has 2 rings (SSSR count). The molecule has 0 saturated carbocycles. The zero-order chi connectivity index (χ0) is 21.1. The summed E-state index contributed by atoms with van der Waals surface area (Å²) in [5, 5.41) is 6.48. The quantitative estimate of drug-likeness (QED) is 0.203. The molecule has 0 aromatic heterocycles. The van der Waals surface area contributed by atoms with Gasteiger partial charge >= 0.3 is 0 Å². The number of rotatable bonds is 10. The minimum atomic E-state index is -3.11. The van der Waals surface area contributed by atoms with Gasteiger partial charge in [0.2, 0.25) is 0 Å². The average Bonchev–Trinajstić information content (AvgIpc) is 2.69. The van der Waals surface area contributed by atoms with Gasteiger partial charge in [0.1, 0.15) is 0 Å². The van der Waals surface area contributed by atoms with Crippen LogP contribution in [0.5, 0.6) is 0 Å². The van der Waals surface area contributed by atoms with Crippen molar-refractivity contribution in [3.05, 3.63) is 71.3 Å². The van der Waals surface area contributed by atoms with Gasteiger partial charge in [-0.2, -0.15) is 0 Å². The predicted octanol–water partition coefficient (Wildman–Crippen LogP) is 4.28. The topological polar surface area (TPSA) is 70.6 Å². The van der Waals surface area contributed by atoms with Crippen LogP contribution in [0.1, 0.15) is 42.9 Å². The second kappa shape index (κ2) is 13.6. The molecule has 1 atom stereocenters. The van der Waals surface area contributed by atoms with Crippen molar-refractivity contribution >= 4 is 39.8 Å². The monoisotopic (exact) mass is 543 g/mol. The molecule has 0 aliphatic rings. The van der Waals surface area contributed by atoms with Crippen LogP contribution < -0.4 is 10.6 Å². The van der Waals surface area contributed by atoms with Gasteiger partial charge in [-0.1, -0.05) is 67.1 Å². The zero-order valence-corrected chi connectivity index (χ0v) is 21.2. The van der Waals surface area contributed by atoms with Crippen molar-refractivity contribution in [3.8, 4) is 0 Å². The molecule has 2 aromatic carbocycles. The maximum Gasteiger partial charge on any atom is 0.191 e. The first-order chi connectivity index (χ1) is 13.9. The highest BCUT2D eigenvalue weighted by molar-refractivity contribution is 14.0. The Morgan fingerprint density at radius 3 is 2.47 bits per heavy atom. The Bertz CT molecular complexity index is 886. The summed E-state index contributed by atoms with van der Waals surface area (Å²) in [5.41, 5.74) is 3.36. The molecule has 7 heteroatoms. The third kappa shape index (κ3) is 9.93. The van der Waals surface area contributed by atoms with Crippen LogP contribution in [0.25, 0.3) is 0 Å². The third-order valence-corrected chi connectivity index (χ3v) is 6.32. The number of hydrogen-bond acceptors (Lipinski definition) is 3. The molecular weight excluding hydrogens is 509 g/mol. The molecule has 0 heterocycles. The summed E-state index contributed by atoms with van der Waals surface area (Å²) in [5.74, 6) is 1.30. The summed E-state index contributed by atoms with van der Waals surface area (Å²) in [7, 11) is -3.11. The van der Waals surface area contributed by atoms with E-state index in [9.17, 15) is 8.42 Å². The normalized spacial score (nSPS) is 12.7. The Labute approximate surface area is 198 Å². The van der Waals surface area contributed by atoms with Crippen molar-refractivity contribution in [2.75, 3.05) is 25.4 Å². The first-order valence-electron chi connectivity index (χ1n) is 10.2. The number of nitrogens with one attached hydrogen (secondary N) is 2. The van der Waals surface area contributed by atoms with Crippen LogP contribution in [0, 0.1) is 6.92 Å². The fourth-order valence-electron chi connectivity index (χ4n) is 3.05. The van der Waals surface area contributed by atoms with E-state index in [1.807, 2.05) is 37.3 Å². The van der Waals surface area contributed by atoms with Gasteiger partial charge in [0.05, 0.1) is 11.5 Å². The van der Waals surface area contributed by atoms with E-state index in [0.29, 0.717) is 25.4 Å². The van der Waals surface area contributed by atoms with Gasteiger partial charge in [-0.15, -0.1) is 24.0 Å². The lowest BCUT2D eigenvalue weighted by molar-refractivity contribution is 0.591.